The predicted molar refractivity (Wildman–Crippen MR) is 131 cm³/mol. The first-order valence-electron chi connectivity index (χ1n) is 11.2. The van der Waals surface area contributed by atoms with Crippen LogP contribution in [-0.4, -0.2) is 29.1 Å². The number of hydrogen-bond donors (Lipinski definition) is 1. The van der Waals surface area contributed by atoms with E-state index in [1.54, 1.807) is 12.0 Å². The Morgan fingerprint density at radius 3 is 2.66 bits per heavy atom. The number of amides is 1. The van der Waals surface area contributed by atoms with Gasteiger partial charge in [-0.25, -0.2) is 0 Å². The van der Waals surface area contributed by atoms with E-state index in [4.69, 9.17) is 21.7 Å². The first-order valence-corrected chi connectivity index (χ1v) is 11.6. The Balaban J connectivity index is 1.54. The average Bonchev–Trinajstić information content (AvgIpc) is 3.08. The second-order valence-corrected chi connectivity index (χ2v) is 8.90. The minimum Gasteiger partial charge on any atom is -0.496 e. The van der Waals surface area contributed by atoms with E-state index in [9.17, 15) is 4.79 Å². The summed E-state index contributed by atoms with van der Waals surface area (Å²) >= 11 is 5.49. The van der Waals surface area contributed by atoms with Crippen LogP contribution in [0.1, 0.15) is 54.4 Å². The highest BCUT2D eigenvalue weighted by Crippen LogP contribution is 2.29. The lowest BCUT2D eigenvalue weighted by atomic mass is 9.94. The van der Waals surface area contributed by atoms with Crippen molar-refractivity contribution in [1.29, 1.82) is 0 Å². The van der Waals surface area contributed by atoms with Gasteiger partial charge in [0.15, 0.2) is 5.11 Å². The maximum absolute atomic E-state index is 13.1. The van der Waals surface area contributed by atoms with Crippen LogP contribution in [0.4, 0.5) is 0 Å². The van der Waals surface area contributed by atoms with E-state index in [0.717, 1.165) is 53.9 Å². The quantitative estimate of drug-likeness (QED) is 0.479. The number of nitrogens with one attached hydrogen (secondary N) is 1. The first kappa shape index (κ1) is 22.3. The molecule has 4 rings (SSSR count). The van der Waals surface area contributed by atoms with Crippen molar-refractivity contribution in [2.45, 2.75) is 58.6 Å². The minimum atomic E-state index is -0.0362. The molecular weight excluding hydrogens is 420 g/mol. The fourth-order valence-corrected chi connectivity index (χ4v) is 4.77. The van der Waals surface area contributed by atoms with Crippen LogP contribution in [0.3, 0.4) is 0 Å². The van der Waals surface area contributed by atoms with Crippen LogP contribution in [-0.2, 0) is 11.4 Å². The molecule has 1 heterocycles. The van der Waals surface area contributed by atoms with Crippen LogP contribution in [0.15, 0.2) is 42.1 Å². The highest BCUT2D eigenvalue weighted by molar-refractivity contribution is 7.80. The summed E-state index contributed by atoms with van der Waals surface area (Å²) in [6, 6.07) is 12.1. The molecule has 0 spiro atoms. The number of rotatable bonds is 6. The summed E-state index contributed by atoms with van der Waals surface area (Å²) in [5.74, 6) is 1.57. The first-order chi connectivity index (χ1) is 15.5. The molecule has 2 aromatic carbocycles. The Labute approximate surface area is 195 Å². The van der Waals surface area contributed by atoms with Crippen LogP contribution in [0.5, 0.6) is 11.5 Å². The molecule has 5 nitrogen and oxygen atoms in total. The number of hydrogen-bond acceptors (Lipinski definition) is 4. The lowest BCUT2D eigenvalue weighted by Gasteiger charge is -2.29. The van der Waals surface area contributed by atoms with Crippen molar-refractivity contribution in [3.05, 3.63) is 64.3 Å². The molecule has 168 valence electrons. The third-order valence-electron chi connectivity index (χ3n) is 6.40. The number of methoxy groups -OCH3 is 1. The van der Waals surface area contributed by atoms with Gasteiger partial charge >= 0.3 is 0 Å². The molecule has 0 atom stereocenters. The number of carbonyl (C=O) groups excluding carboxylic acids is 1. The Bertz CT molecular complexity index is 1060. The molecule has 0 unspecified atom stereocenters. The molecule has 2 aliphatic rings. The van der Waals surface area contributed by atoms with Crippen molar-refractivity contribution < 1.29 is 14.3 Å². The van der Waals surface area contributed by atoms with Crippen LogP contribution in [0.25, 0.3) is 6.08 Å². The summed E-state index contributed by atoms with van der Waals surface area (Å²) in [6.45, 7) is 4.50. The van der Waals surface area contributed by atoms with Crippen molar-refractivity contribution in [3.63, 3.8) is 0 Å². The summed E-state index contributed by atoms with van der Waals surface area (Å²) in [4.78, 5) is 14.8. The maximum Gasteiger partial charge on any atom is 0.276 e. The molecule has 2 aromatic rings. The van der Waals surface area contributed by atoms with Gasteiger partial charge in [-0.2, -0.15) is 0 Å². The summed E-state index contributed by atoms with van der Waals surface area (Å²) in [6.07, 6.45) is 7.43. The largest absolute Gasteiger partial charge is 0.496 e. The molecule has 0 bridgehead atoms. The smallest absolute Gasteiger partial charge is 0.276 e. The summed E-state index contributed by atoms with van der Waals surface area (Å²) in [5, 5.41) is 3.64. The van der Waals surface area contributed by atoms with Crippen molar-refractivity contribution in [1.82, 2.24) is 10.2 Å². The van der Waals surface area contributed by atoms with Crippen LogP contribution in [0, 0.1) is 13.8 Å². The van der Waals surface area contributed by atoms with Crippen molar-refractivity contribution in [2.24, 2.45) is 0 Å². The number of carbonyl (C=O) groups is 1. The lowest BCUT2D eigenvalue weighted by molar-refractivity contribution is -0.124. The van der Waals surface area contributed by atoms with Crippen LogP contribution >= 0.6 is 12.2 Å². The molecule has 32 heavy (non-hydrogen) atoms. The second-order valence-electron chi connectivity index (χ2n) is 8.51. The van der Waals surface area contributed by atoms with Gasteiger partial charge in [0.05, 0.1) is 7.11 Å². The minimum absolute atomic E-state index is 0.0362. The molecule has 6 heteroatoms. The Morgan fingerprint density at radius 1 is 1.12 bits per heavy atom. The molecule has 1 aliphatic carbocycles. The molecule has 1 N–H and O–H groups in total. The highest BCUT2D eigenvalue weighted by Gasteiger charge is 2.36. The zero-order valence-corrected chi connectivity index (χ0v) is 19.8. The molecule has 0 aromatic heterocycles. The number of ether oxygens (including phenoxy) is 2. The zero-order chi connectivity index (χ0) is 22.7. The van der Waals surface area contributed by atoms with Gasteiger partial charge in [0.1, 0.15) is 23.8 Å². The monoisotopic (exact) mass is 450 g/mol. The Kier molecular flexibility index (Phi) is 6.80. The lowest BCUT2D eigenvalue weighted by Crippen LogP contribution is -2.41. The van der Waals surface area contributed by atoms with Gasteiger partial charge in [-0.3, -0.25) is 9.69 Å². The van der Waals surface area contributed by atoms with Crippen LogP contribution in [0.2, 0.25) is 0 Å². The fourth-order valence-electron chi connectivity index (χ4n) is 4.42. The normalized spacial score (nSPS) is 18.2. The molecule has 1 aliphatic heterocycles. The standard InChI is InChI=1S/C26H30N2O3S/c1-17-8-7-11-23(18(17)2)31-16-20-14-19(12-13-24(20)30-3)15-22-25(29)28(26(32)27-22)21-9-5-4-6-10-21/h7-8,11-15,21H,4-6,9-10,16H2,1-3H3,(H,27,32)/b22-15+. The molecule has 0 radical (unpaired) electrons. The van der Waals surface area contributed by atoms with E-state index in [2.05, 4.69) is 25.2 Å². The van der Waals surface area contributed by atoms with Gasteiger partial charge in [-0.1, -0.05) is 37.5 Å². The molecule has 2 fully saturated rings. The van der Waals surface area contributed by atoms with E-state index in [1.807, 2.05) is 36.4 Å². The second kappa shape index (κ2) is 9.74. The van der Waals surface area contributed by atoms with Crippen molar-refractivity contribution in [2.75, 3.05) is 7.11 Å². The molecule has 1 saturated carbocycles. The summed E-state index contributed by atoms with van der Waals surface area (Å²) in [5.41, 5.74) is 4.65. The van der Waals surface area contributed by atoms with E-state index >= 15 is 0 Å². The molecule has 1 amide bonds. The Morgan fingerprint density at radius 2 is 1.91 bits per heavy atom. The van der Waals surface area contributed by atoms with E-state index in [1.165, 1.54) is 12.0 Å². The van der Waals surface area contributed by atoms with Gasteiger partial charge in [-0.05, 0) is 79.9 Å². The number of aryl methyl sites for hydroxylation is 1. The van der Waals surface area contributed by atoms with Gasteiger partial charge in [0, 0.05) is 11.6 Å². The Hall–Kier alpha value is -2.86. The van der Waals surface area contributed by atoms with Crippen molar-refractivity contribution in [3.8, 4) is 11.5 Å². The fraction of sp³-hybridized carbons (Fsp3) is 0.385. The highest BCUT2D eigenvalue weighted by atomic mass is 32.1. The van der Waals surface area contributed by atoms with Crippen molar-refractivity contribution >= 4 is 29.3 Å². The number of thiocarbonyl (C=S) groups is 1. The van der Waals surface area contributed by atoms with Gasteiger partial charge < -0.3 is 14.8 Å². The van der Waals surface area contributed by atoms with Gasteiger partial charge in [-0.15, -0.1) is 0 Å². The average molecular weight is 451 g/mol. The zero-order valence-electron chi connectivity index (χ0n) is 18.9. The van der Waals surface area contributed by atoms with E-state index in [-0.39, 0.29) is 11.9 Å². The third-order valence-corrected chi connectivity index (χ3v) is 6.70. The molecular formula is C26H30N2O3S. The maximum atomic E-state index is 13.1. The van der Waals surface area contributed by atoms with Gasteiger partial charge in [0.2, 0.25) is 0 Å². The third kappa shape index (κ3) is 4.65. The SMILES string of the molecule is COc1ccc(/C=C2/NC(=S)N(C3CCCCC3)C2=O)cc1COc1cccc(C)c1C. The number of benzene rings is 2. The number of nitrogens with zero attached hydrogens (tertiary/aromatic N) is 1. The van der Waals surface area contributed by atoms with Crippen LogP contribution < -0.4 is 14.8 Å². The topological polar surface area (TPSA) is 50.8 Å². The van der Waals surface area contributed by atoms with E-state index in [0.29, 0.717) is 17.4 Å². The van der Waals surface area contributed by atoms with Gasteiger partial charge in [0.25, 0.3) is 5.91 Å². The summed E-state index contributed by atoms with van der Waals surface area (Å²) < 4.78 is 11.6. The summed E-state index contributed by atoms with van der Waals surface area (Å²) in [7, 11) is 1.65. The molecule has 1 saturated heterocycles. The van der Waals surface area contributed by atoms with E-state index < -0.39 is 0 Å². The predicted octanol–water partition coefficient (Wildman–Crippen LogP) is 5.28.